The van der Waals surface area contributed by atoms with E-state index >= 15 is 0 Å². The number of nitrogens with one attached hydrogen (secondary N) is 3. The second-order valence-corrected chi connectivity index (χ2v) is 7.31. The quantitative estimate of drug-likeness (QED) is 0.321. The Kier molecular flexibility index (Phi) is 10.2. The van der Waals surface area contributed by atoms with Crippen LogP contribution in [0, 0.1) is 5.92 Å². The minimum atomic E-state index is -1.17. The monoisotopic (exact) mass is 434 g/mol. The largest absolute Gasteiger partial charge is 0.363 e. The first-order valence-electron chi connectivity index (χ1n) is 9.39. The molecule has 2 aliphatic rings. The van der Waals surface area contributed by atoms with Crippen LogP contribution in [0.4, 0.5) is 10.2 Å². The Bertz CT molecular complexity index is 646. The van der Waals surface area contributed by atoms with E-state index in [1.807, 2.05) is 6.07 Å². The van der Waals surface area contributed by atoms with Gasteiger partial charge in [-0.2, -0.15) is 0 Å². The molecule has 1 atom stereocenters. The Morgan fingerprint density at radius 3 is 2.57 bits per heavy atom. The highest BCUT2D eigenvalue weighted by Crippen LogP contribution is 2.38. The van der Waals surface area contributed by atoms with Gasteiger partial charge in [-0.3, -0.25) is 10.0 Å². The van der Waals surface area contributed by atoms with Crippen LogP contribution in [0.15, 0.2) is 24.2 Å². The fourth-order valence-electron chi connectivity index (χ4n) is 4.23. The molecule has 1 aliphatic carbocycles. The average Bonchev–Trinajstić information content (AvgIpc) is 2.70. The first kappa shape index (κ1) is 24.6. The van der Waals surface area contributed by atoms with Gasteiger partial charge in [0, 0.05) is 12.7 Å². The predicted octanol–water partition coefficient (Wildman–Crippen LogP) is 3.86. The summed E-state index contributed by atoms with van der Waals surface area (Å²) in [6.45, 7) is 1.99. The Balaban J connectivity index is 0.00000196. The fourth-order valence-corrected chi connectivity index (χ4v) is 4.23. The van der Waals surface area contributed by atoms with Gasteiger partial charge in [-0.1, -0.05) is 19.3 Å². The van der Waals surface area contributed by atoms with Gasteiger partial charge >= 0.3 is 5.91 Å². The van der Waals surface area contributed by atoms with Crippen molar-refractivity contribution in [2.24, 2.45) is 5.92 Å². The van der Waals surface area contributed by atoms with Crippen LogP contribution in [-0.2, 0) is 4.79 Å². The molecule has 0 radical (unpaired) electrons. The number of piperidine rings is 1. The lowest BCUT2D eigenvalue weighted by atomic mass is 9.71. The molecule has 6 nitrogen and oxygen atoms in total. The van der Waals surface area contributed by atoms with E-state index in [0.29, 0.717) is 11.5 Å². The molecule has 2 fully saturated rings. The number of amides is 1. The summed E-state index contributed by atoms with van der Waals surface area (Å²) in [5.74, 6) is -0.832. The van der Waals surface area contributed by atoms with Gasteiger partial charge in [-0.25, -0.2) is 14.9 Å². The highest BCUT2D eigenvalue weighted by Gasteiger charge is 2.40. The van der Waals surface area contributed by atoms with Crippen LogP contribution in [0.25, 0.3) is 6.08 Å². The van der Waals surface area contributed by atoms with E-state index in [2.05, 4.69) is 15.6 Å². The van der Waals surface area contributed by atoms with E-state index in [9.17, 15) is 9.18 Å². The van der Waals surface area contributed by atoms with Crippen molar-refractivity contribution in [2.45, 2.75) is 50.5 Å². The summed E-state index contributed by atoms with van der Waals surface area (Å²) in [6.07, 6.45) is 11.2. The molecule has 1 saturated heterocycles. The number of nitrogens with zero attached hydrogens (tertiary/aromatic N) is 1. The third-order valence-electron chi connectivity index (χ3n) is 5.58. The zero-order valence-corrected chi connectivity index (χ0v) is 17.4. The molecule has 158 valence electrons. The molecular weight excluding hydrogens is 406 g/mol. The molecule has 9 heteroatoms. The summed E-state index contributed by atoms with van der Waals surface area (Å²) >= 11 is 0. The van der Waals surface area contributed by atoms with Crippen molar-refractivity contribution in [3.05, 3.63) is 29.7 Å². The zero-order chi connectivity index (χ0) is 18.4. The molecule has 1 aromatic rings. The molecule has 4 N–H and O–H groups in total. The van der Waals surface area contributed by atoms with Crippen LogP contribution in [0.3, 0.4) is 0 Å². The Labute approximate surface area is 177 Å². The van der Waals surface area contributed by atoms with Gasteiger partial charge in [0.15, 0.2) is 5.83 Å². The number of carbonyl (C=O) groups excluding carboxylic acids is 1. The topological polar surface area (TPSA) is 86.3 Å². The minimum absolute atomic E-state index is 0. The van der Waals surface area contributed by atoms with Crippen LogP contribution < -0.4 is 16.1 Å². The van der Waals surface area contributed by atoms with Gasteiger partial charge in [0.05, 0.1) is 5.54 Å². The second kappa shape index (κ2) is 11.6. The number of hydrogen-bond donors (Lipinski definition) is 4. The van der Waals surface area contributed by atoms with E-state index < -0.39 is 11.7 Å². The Morgan fingerprint density at radius 2 is 2.00 bits per heavy atom. The number of hydrogen-bond acceptors (Lipinski definition) is 5. The summed E-state index contributed by atoms with van der Waals surface area (Å²) in [6, 6.07) is 3.53. The van der Waals surface area contributed by atoms with Gasteiger partial charge < -0.3 is 10.6 Å². The number of anilines is 1. The minimum Gasteiger partial charge on any atom is -0.363 e. The van der Waals surface area contributed by atoms with Crippen LogP contribution in [0.5, 0.6) is 0 Å². The fraction of sp³-hybridized carbons (Fsp3) is 0.579. The molecule has 1 amide bonds. The predicted molar refractivity (Wildman–Crippen MR) is 113 cm³/mol. The van der Waals surface area contributed by atoms with E-state index in [0.717, 1.165) is 37.8 Å². The molecular formula is C19H29Cl2FN4O2. The summed E-state index contributed by atoms with van der Waals surface area (Å²) < 4.78 is 13.5. The second-order valence-electron chi connectivity index (χ2n) is 7.31. The Morgan fingerprint density at radius 1 is 1.25 bits per heavy atom. The number of pyridine rings is 1. The van der Waals surface area contributed by atoms with E-state index in [-0.39, 0.29) is 30.4 Å². The maximum Gasteiger partial charge on any atom is 0.303 e. The lowest BCUT2D eigenvalue weighted by Crippen LogP contribution is -2.56. The molecule has 1 saturated carbocycles. The van der Waals surface area contributed by atoms with Crippen molar-refractivity contribution in [3.8, 4) is 0 Å². The molecule has 0 spiro atoms. The van der Waals surface area contributed by atoms with Gasteiger partial charge in [0.2, 0.25) is 0 Å². The van der Waals surface area contributed by atoms with Crippen molar-refractivity contribution in [1.82, 2.24) is 15.8 Å². The third-order valence-corrected chi connectivity index (χ3v) is 5.58. The molecule has 0 aromatic carbocycles. The van der Waals surface area contributed by atoms with Crippen molar-refractivity contribution in [3.63, 3.8) is 0 Å². The first-order chi connectivity index (χ1) is 12.6. The van der Waals surface area contributed by atoms with E-state index in [1.54, 1.807) is 6.07 Å². The van der Waals surface area contributed by atoms with Crippen LogP contribution in [0.1, 0.15) is 50.5 Å². The SMILES string of the molecule is Cl.Cl.O=C(NO)/C(F)=C/c1ccc(N[C@@]2(C3CCCCC3)CCCNC2)nc1. The number of hydroxylamine groups is 1. The zero-order valence-electron chi connectivity index (χ0n) is 15.7. The van der Waals surface area contributed by atoms with Gasteiger partial charge in [0.1, 0.15) is 5.82 Å². The van der Waals surface area contributed by atoms with Crippen molar-refractivity contribution < 1.29 is 14.4 Å². The van der Waals surface area contributed by atoms with Crippen LogP contribution in [-0.4, -0.2) is 34.7 Å². The number of aromatic nitrogens is 1. The van der Waals surface area contributed by atoms with Gasteiger partial charge in [-0.05, 0) is 61.9 Å². The summed E-state index contributed by atoms with van der Waals surface area (Å²) in [5.41, 5.74) is 1.75. The number of rotatable bonds is 5. The summed E-state index contributed by atoms with van der Waals surface area (Å²) in [7, 11) is 0. The van der Waals surface area contributed by atoms with Crippen molar-refractivity contribution >= 4 is 42.6 Å². The lowest BCUT2D eigenvalue weighted by molar-refractivity contribution is -0.126. The molecule has 1 aliphatic heterocycles. The van der Waals surface area contributed by atoms with Crippen molar-refractivity contribution in [2.75, 3.05) is 18.4 Å². The highest BCUT2D eigenvalue weighted by atomic mass is 35.5. The van der Waals surface area contributed by atoms with Crippen LogP contribution in [0.2, 0.25) is 0 Å². The van der Waals surface area contributed by atoms with Crippen molar-refractivity contribution in [1.29, 1.82) is 0 Å². The average molecular weight is 435 g/mol. The van der Waals surface area contributed by atoms with Gasteiger partial charge in [-0.15, -0.1) is 24.8 Å². The number of halogens is 3. The molecule has 3 rings (SSSR count). The summed E-state index contributed by atoms with van der Waals surface area (Å²) in [5, 5.41) is 15.7. The number of carbonyl (C=O) groups is 1. The highest BCUT2D eigenvalue weighted by molar-refractivity contribution is 5.94. The Hall–Kier alpha value is -1.41. The standard InChI is InChI=1S/C19H27FN4O2.2ClH/c20-16(18(25)24-26)11-14-7-8-17(22-12-14)23-19(9-4-10-21-13-19)15-5-2-1-3-6-15;;/h7-8,11-12,15,21,26H,1-6,9-10,13H2,(H,22,23)(H,24,25);2*1H/b16-11-;;/t19-;;/m0../s1. The molecule has 1 aromatic heterocycles. The maximum absolute atomic E-state index is 13.5. The van der Waals surface area contributed by atoms with Gasteiger partial charge in [0.25, 0.3) is 0 Å². The van der Waals surface area contributed by atoms with Crippen LogP contribution >= 0.6 is 24.8 Å². The maximum atomic E-state index is 13.5. The third kappa shape index (κ3) is 6.04. The molecule has 28 heavy (non-hydrogen) atoms. The molecule has 0 unspecified atom stereocenters. The lowest BCUT2D eigenvalue weighted by Gasteiger charge is -2.46. The first-order valence-corrected chi connectivity index (χ1v) is 9.39. The smallest absolute Gasteiger partial charge is 0.303 e. The summed E-state index contributed by atoms with van der Waals surface area (Å²) in [4.78, 5) is 15.4. The van der Waals surface area contributed by atoms with E-state index in [4.69, 9.17) is 5.21 Å². The van der Waals surface area contributed by atoms with E-state index in [1.165, 1.54) is 43.8 Å². The normalized spacial score (nSPS) is 23.1. The molecule has 2 heterocycles. The molecule has 0 bridgehead atoms.